The molecule has 0 atom stereocenters. The van der Waals surface area contributed by atoms with E-state index in [2.05, 4.69) is 33.1 Å². The van der Waals surface area contributed by atoms with Crippen LogP contribution in [0, 0.1) is 0 Å². The van der Waals surface area contributed by atoms with Crippen LogP contribution in [0.3, 0.4) is 0 Å². The monoisotopic (exact) mass is 295 g/mol. The zero-order valence-corrected chi connectivity index (χ0v) is 11.0. The fourth-order valence-corrected chi connectivity index (χ4v) is 1.99. The van der Waals surface area contributed by atoms with Gasteiger partial charge in [-0.2, -0.15) is 0 Å². The molecule has 2 aromatic rings. The standard InChI is InChI=1S/C13H11BrClN/c14-7-2-1-3-10-6-8-16-13-9-11(15)4-5-12(10)13/h1,3-6,8-9H,2,7H2. The maximum Gasteiger partial charge on any atom is 0.0722 e. The van der Waals surface area contributed by atoms with Crippen molar-refractivity contribution in [2.24, 2.45) is 0 Å². The van der Waals surface area contributed by atoms with Gasteiger partial charge in [-0.25, -0.2) is 0 Å². The molecule has 0 aliphatic rings. The first-order valence-electron chi connectivity index (χ1n) is 5.08. The summed E-state index contributed by atoms with van der Waals surface area (Å²) in [6.07, 6.45) is 7.11. The van der Waals surface area contributed by atoms with Gasteiger partial charge in [-0.15, -0.1) is 0 Å². The molecule has 1 nitrogen and oxygen atoms in total. The van der Waals surface area contributed by atoms with Crippen LogP contribution in [0.4, 0.5) is 0 Å². The number of hydrogen-bond acceptors (Lipinski definition) is 1. The van der Waals surface area contributed by atoms with Crippen LogP contribution < -0.4 is 0 Å². The molecule has 0 bridgehead atoms. The van der Waals surface area contributed by atoms with Gasteiger partial charge in [0.1, 0.15) is 0 Å². The second-order valence-corrected chi connectivity index (χ2v) is 4.67. The summed E-state index contributed by atoms with van der Waals surface area (Å²) in [6, 6.07) is 7.81. The maximum absolute atomic E-state index is 5.93. The molecule has 16 heavy (non-hydrogen) atoms. The second-order valence-electron chi connectivity index (χ2n) is 3.44. The smallest absolute Gasteiger partial charge is 0.0722 e. The molecule has 0 radical (unpaired) electrons. The van der Waals surface area contributed by atoms with Crippen LogP contribution in [0.2, 0.25) is 5.02 Å². The summed E-state index contributed by atoms with van der Waals surface area (Å²) in [7, 11) is 0. The van der Waals surface area contributed by atoms with Crippen molar-refractivity contribution < 1.29 is 0 Å². The van der Waals surface area contributed by atoms with Crippen LogP contribution >= 0.6 is 27.5 Å². The normalized spacial score (nSPS) is 11.4. The number of aromatic nitrogens is 1. The quantitative estimate of drug-likeness (QED) is 0.749. The Balaban J connectivity index is 2.45. The molecule has 1 heterocycles. The number of halogens is 2. The predicted octanol–water partition coefficient (Wildman–Crippen LogP) is 4.69. The van der Waals surface area contributed by atoms with Gasteiger partial charge in [0.05, 0.1) is 5.52 Å². The van der Waals surface area contributed by atoms with Crippen LogP contribution in [-0.2, 0) is 0 Å². The lowest BCUT2D eigenvalue weighted by Gasteiger charge is -2.01. The number of nitrogens with zero attached hydrogens (tertiary/aromatic N) is 1. The van der Waals surface area contributed by atoms with E-state index in [1.165, 1.54) is 5.56 Å². The lowest BCUT2D eigenvalue weighted by atomic mass is 10.1. The zero-order valence-electron chi connectivity index (χ0n) is 8.66. The molecule has 0 aliphatic carbocycles. The third kappa shape index (κ3) is 2.63. The number of benzene rings is 1. The first kappa shape index (κ1) is 11.6. The van der Waals surface area contributed by atoms with Gasteiger partial charge >= 0.3 is 0 Å². The average Bonchev–Trinajstić information content (AvgIpc) is 2.29. The van der Waals surface area contributed by atoms with Crippen molar-refractivity contribution in [2.45, 2.75) is 6.42 Å². The molecular formula is C13H11BrClN. The fourth-order valence-electron chi connectivity index (χ4n) is 1.56. The highest BCUT2D eigenvalue weighted by Gasteiger charge is 1.99. The predicted molar refractivity (Wildman–Crippen MR) is 74.2 cm³/mol. The summed E-state index contributed by atoms with van der Waals surface area (Å²) >= 11 is 9.33. The van der Waals surface area contributed by atoms with Gasteiger partial charge in [-0.05, 0) is 30.2 Å². The summed E-state index contributed by atoms with van der Waals surface area (Å²) in [6.45, 7) is 0. The van der Waals surface area contributed by atoms with Crippen LogP contribution in [-0.4, -0.2) is 10.3 Å². The van der Waals surface area contributed by atoms with E-state index in [0.29, 0.717) is 0 Å². The minimum atomic E-state index is 0.724. The van der Waals surface area contributed by atoms with Crippen molar-refractivity contribution in [1.29, 1.82) is 0 Å². The SMILES string of the molecule is Clc1ccc2c(C=CCCBr)ccnc2c1. The Hall–Kier alpha value is -0.860. The third-order valence-electron chi connectivity index (χ3n) is 2.31. The molecule has 2 rings (SSSR count). The Morgan fingerprint density at radius 2 is 2.19 bits per heavy atom. The van der Waals surface area contributed by atoms with E-state index in [-0.39, 0.29) is 0 Å². The van der Waals surface area contributed by atoms with E-state index in [0.717, 1.165) is 27.7 Å². The van der Waals surface area contributed by atoms with Crippen molar-refractivity contribution in [3.8, 4) is 0 Å². The second kappa shape index (κ2) is 5.46. The number of hydrogen-bond donors (Lipinski definition) is 0. The Morgan fingerprint density at radius 3 is 3.00 bits per heavy atom. The van der Waals surface area contributed by atoms with Gasteiger partial charge in [0, 0.05) is 21.9 Å². The van der Waals surface area contributed by atoms with Crippen molar-refractivity contribution in [2.75, 3.05) is 5.33 Å². The summed E-state index contributed by atoms with van der Waals surface area (Å²) in [4.78, 5) is 4.30. The summed E-state index contributed by atoms with van der Waals surface area (Å²) in [5.41, 5.74) is 2.12. The molecule has 0 aliphatic heterocycles. The third-order valence-corrected chi connectivity index (χ3v) is 3.00. The molecule has 0 N–H and O–H groups in total. The molecule has 0 fully saturated rings. The largest absolute Gasteiger partial charge is 0.256 e. The molecule has 1 aromatic heterocycles. The average molecular weight is 297 g/mol. The molecule has 3 heteroatoms. The molecule has 0 unspecified atom stereocenters. The lowest BCUT2D eigenvalue weighted by molar-refractivity contribution is 1.27. The van der Waals surface area contributed by atoms with E-state index < -0.39 is 0 Å². The van der Waals surface area contributed by atoms with Gasteiger partial charge in [-0.1, -0.05) is 45.7 Å². The Labute approximate surface area is 108 Å². The van der Waals surface area contributed by atoms with E-state index in [1.807, 2.05) is 30.5 Å². The maximum atomic E-state index is 5.93. The highest BCUT2D eigenvalue weighted by atomic mass is 79.9. The van der Waals surface area contributed by atoms with E-state index in [1.54, 1.807) is 0 Å². The first-order chi connectivity index (χ1) is 7.81. The zero-order chi connectivity index (χ0) is 11.4. The molecule has 0 saturated carbocycles. The lowest BCUT2D eigenvalue weighted by Crippen LogP contribution is -1.82. The van der Waals surface area contributed by atoms with Gasteiger partial charge in [0.15, 0.2) is 0 Å². The minimum Gasteiger partial charge on any atom is -0.256 e. The number of pyridine rings is 1. The Bertz CT molecular complexity index is 522. The highest BCUT2D eigenvalue weighted by Crippen LogP contribution is 2.21. The molecule has 0 amide bonds. The van der Waals surface area contributed by atoms with E-state index in [4.69, 9.17) is 11.6 Å². The molecule has 0 spiro atoms. The topological polar surface area (TPSA) is 12.9 Å². The molecule has 82 valence electrons. The van der Waals surface area contributed by atoms with Crippen LogP contribution in [0.15, 0.2) is 36.5 Å². The minimum absolute atomic E-state index is 0.724. The van der Waals surface area contributed by atoms with Crippen molar-refractivity contribution in [3.63, 3.8) is 0 Å². The van der Waals surface area contributed by atoms with E-state index >= 15 is 0 Å². The summed E-state index contributed by atoms with van der Waals surface area (Å²) in [5, 5.41) is 2.84. The summed E-state index contributed by atoms with van der Waals surface area (Å²) in [5.74, 6) is 0. The number of fused-ring (bicyclic) bond motifs is 1. The Morgan fingerprint density at radius 1 is 1.31 bits per heavy atom. The van der Waals surface area contributed by atoms with Crippen LogP contribution in [0.25, 0.3) is 17.0 Å². The number of rotatable bonds is 3. The highest BCUT2D eigenvalue weighted by molar-refractivity contribution is 9.09. The van der Waals surface area contributed by atoms with Gasteiger partial charge in [-0.3, -0.25) is 4.98 Å². The van der Waals surface area contributed by atoms with Crippen molar-refractivity contribution in [3.05, 3.63) is 47.1 Å². The number of allylic oxidation sites excluding steroid dienone is 1. The van der Waals surface area contributed by atoms with Gasteiger partial charge in [0.25, 0.3) is 0 Å². The number of alkyl halides is 1. The molecule has 1 aromatic carbocycles. The first-order valence-corrected chi connectivity index (χ1v) is 6.58. The molecular weight excluding hydrogens is 286 g/mol. The van der Waals surface area contributed by atoms with Gasteiger partial charge < -0.3 is 0 Å². The molecule has 0 saturated heterocycles. The summed E-state index contributed by atoms with van der Waals surface area (Å²) < 4.78 is 0. The van der Waals surface area contributed by atoms with Crippen LogP contribution in [0.5, 0.6) is 0 Å². The van der Waals surface area contributed by atoms with Gasteiger partial charge in [0.2, 0.25) is 0 Å². The fraction of sp³-hybridized carbons (Fsp3) is 0.154. The van der Waals surface area contributed by atoms with E-state index in [9.17, 15) is 0 Å². The van der Waals surface area contributed by atoms with Crippen LogP contribution in [0.1, 0.15) is 12.0 Å². The van der Waals surface area contributed by atoms with Crippen molar-refractivity contribution >= 4 is 44.5 Å². The van der Waals surface area contributed by atoms with Crippen molar-refractivity contribution in [1.82, 2.24) is 4.98 Å². The Kier molecular flexibility index (Phi) is 3.97.